The van der Waals surface area contributed by atoms with Gasteiger partial charge in [-0.3, -0.25) is 0 Å². The SMILES string of the molecule is [Cl][Pb]1=[N]C=CC=[CH]1. The molecule has 1 rings (SSSR count). The Hall–Kier alpha value is 0.492. The van der Waals surface area contributed by atoms with Gasteiger partial charge in [0.05, 0.1) is 0 Å². The first-order chi connectivity index (χ1) is 3.39. The van der Waals surface area contributed by atoms with Gasteiger partial charge in [0.15, 0.2) is 0 Å². The third-order valence-corrected chi connectivity index (χ3v) is 5.95. The molecular formula is C4H4ClNPb. The average Bonchev–Trinajstić information content (AvgIpc) is 1.69. The van der Waals surface area contributed by atoms with Gasteiger partial charge in [0.1, 0.15) is 0 Å². The molecule has 0 unspecified atom stereocenters. The molecule has 1 aliphatic heterocycles. The van der Waals surface area contributed by atoms with E-state index in [4.69, 9.17) is 8.32 Å². The van der Waals surface area contributed by atoms with Gasteiger partial charge in [-0.1, -0.05) is 0 Å². The minimum atomic E-state index is -1.87. The fraction of sp³-hybridized carbons (Fsp3) is 0. The zero-order valence-corrected chi connectivity index (χ0v) is 8.28. The van der Waals surface area contributed by atoms with Crippen LogP contribution in [0, 0.1) is 0 Å². The average molecular weight is 309 g/mol. The van der Waals surface area contributed by atoms with Gasteiger partial charge < -0.3 is 0 Å². The van der Waals surface area contributed by atoms with Crippen molar-refractivity contribution in [1.82, 2.24) is 0 Å². The van der Waals surface area contributed by atoms with E-state index in [0.717, 1.165) is 0 Å². The molecule has 7 heavy (non-hydrogen) atoms. The van der Waals surface area contributed by atoms with E-state index in [-0.39, 0.29) is 0 Å². The molecule has 36 valence electrons. The van der Waals surface area contributed by atoms with Crippen LogP contribution in [0.3, 0.4) is 0 Å². The Morgan fingerprint density at radius 3 is 2.57 bits per heavy atom. The Kier molecular flexibility index (Phi) is 2.18. The quantitative estimate of drug-likeness (QED) is 0.603. The Morgan fingerprint density at radius 2 is 2.29 bits per heavy atom. The first kappa shape index (κ1) is 5.63. The summed E-state index contributed by atoms with van der Waals surface area (Å²) in [5, 5.41) is 0. The van der Waals surface area contributed by atoms with Crippen LogP contribution in [0.2, 0.25) is 0 Å². The van der Waals surface area contributed by atoms with Crippen molar-refractivity contribution in [2.24, 2.45) is 2.74 Å². The standard InChI is InChI=1S/C4H4N.ClH.Pb/c1-2-3-4-5;;/h1-4H;1H;/q;;+1/p-1. The summed E-state index contributed by atoms with van der Waals surface area (Å²) >= 11 is -1.87. The van der Waals surface area contributed by atoms with E-state index in [1.807, 2.05) is 15.8 Å². The molecule has 0 saturated carbocycles. The molecule has 1 heterocycles. The van der Waals surface area contributed by atoms with Crippen LogP contribution in [-0.4, -0.2) is 21.3 Å². The van der Waals surface area contributed by atoms with E-state index in [1.165, 1.54) is 0 Å². The van der Waals surface area contributed by atoms with Gasteiger partial charge >= 0.3 is 54.4 Å². The summed E-state index contributed by atoms with van der Waals surface area (Å²) in [4.78, 5) is 0. The fourth-order valence-corrected chi connectivity index (χ4v) is 3.75. The van der Waals surface area contributed by atoms with E-state index in [1.54, 1.807) is 6.20 Å². The van der Waals surface area contributed by atoms with E-state index >= 15 is 0 Å². The normalized spacial score (nSPS) is 17.0. The molecule has 0 aromatic carbocycles. The Morgan fingerprint density at radius 1 is 1.43 bits per heavy atom. The van der Waals surface area contributed by atoms with Crippen molar-refractivity contribution in [3.05, 3.63) is 22.0 Å². The second kappa shape index (κ2) is 2.72. The summed E-state index contributed by atoms with van der Waals surface area (Å²) < 4.78 is 6.07. The molecule has 1 nitrogen and oxygen atoms in total. The van der Waals surface area contributed by atoms with Crippen LogP contribution in [0.1, 0.15) is 0 Å². The van der Waals surface area contributed by atoms with Crippen molar-refractivity contribution in [1.29, 1.82) is 0 Å². The van der Waals surface area contributed by atoms with Gasteiger partial charge in [-0.15, -0.1) is 0 Å². The summed E-state index contributed by atoms with van der Waals surface area (Å²) in [5.41, 5.74) is 0. The van der Waals surface area contributed by atoms with Gasteiger partial charge in [0.25, 0.3) is 0 Å². The van der Waals surface area contributed by atoms with Gasteiger partial charge in [-0.2, -0.15) is 0 Å². The van der Waals surface area contributed by atoms with E-state index in [9.17, 15) is 0 Å². The first-order valence-corrected chi connectivity index (χ1v) is 10.7. The number of hydrogen-bond acceptors (Lipinski definition) is 1. The van der Waals surface area contributed by atoms with Gasteiger partial charge in [-0.25, -0.2) is 0 Å². The van der Waals surface area contributed by atoms with Crippen LogP contribution >= 0.6 is 8.32 Å². The number of allylic oxidation sites excluding steroid dienone is 2. The van der Waals surface area contributed by atoms with Gasteiger partial charge in [0.2, 0.25) is 0 Å². The van der Waals surface area contributed by atoms with Crippen LogP contribution in [-0.2, 0) is 0 Å². The molecule has 0 bridgehead atoms. The molecule has 0 aliphatic carbocycles. The van der Waals surface area contributed by atoms with E-state index in [2.05, 4.69) is 2.74 Å². The van der Waals surface area contributed by atoms with Crippen molar-refractivity contribution in [3.8, 4) is 0 Å². The Labute approximate surface area is 54.2 Å². The van der Waals surface area contributed by atoms with Gasteiger partial charge in [0, 0.05) is 0 Å². The molecule has 0 N–H and O–H groups in total. The van der Waals surface area contributed by atoms with Crippen molar-refractivity contribution in [2.75, 3.05) is 0 Å². The Balaban J connectivity index is 2.82. The monoisotopic (exact) mass is 309 g/mol. The zero-order chi connectivity index (χ0) is 5.11. The summed E-state index contributed by atoms with van der Waals surface area (Å²) in [5.74, 6) is 0. The number of hydrogen-bond donors (Lipinski definition) is 0. The predicted octanol–water partition coefficient (Wildman–Crippen LogP) is 1.60. The molecule has 0 amide bonds. The molecule has 0 saturated heterocycles. The van der Waals surface area contributed by atoms with Crippen molar-refractivity contribution in [2.45, 2.75) is 0 Å². The summed E-state index contributed by atoms with van der Waals surface area (Å²) in [6, 6.07) is 0. The van der Waals surface area contributed by atoms with Crippen molar-refractivity contribution in [3.63, 3.8) is 0 Å². The molecule has 0 radical (unpaired) electrons. The maximum atomic E-state index is 5.72. The van der Waals surface area contributed by atoms with Crippen LogP contribution in [0.25, 0.3) is 0 Å². The zero-order valence-electron chi connectivity index (χ0n) is 3.63. The third kappa shape index (κ3) is 1.82. The second-order valence-electron chi connectivity index (χ2n) is 1.15. The molecule has 1 aliphatic rings. The van der Waals surface area contributed by atoms with Crippen molar-refractivity contribution >= 4 is 29.6 Å². The van der Waals surface area contributed by atoms with Crippen LogP contribution in [0.15, 0.2) is 24.7 Å². The molecule has 3 heteroatoms. The van der Waals surface area contributed by atoms with Gasteiger partial charge in [-0.05, 0) is 0 Å². The second-order valence-corrected chi connectivity index (χ2v) is 9.36. The first-order valence-electron chi connectivity index (χ1n) is 1.96. The topological polar surface area (TPSA) is 12.4 Å². The minimum absolute atomic E-state index is 1.79. The van der Waals surface area contributed by atoms with Crippen LogP contribution < -0.4 is 0 Å². The molecular weight excluding hydrogens is 305 g/mol. The van der Waals surface area contributed by atoms with Crippen molar-refractivity contribution < 1.29 is 0 Å². The molecule has 0 spiro atoms. The molecule has 0 aromatic heterocycles. The summed E-state index contributed by atoms with van der Waals surface area (Å²) in [7, 11) is 5.72. The number of rotatable bonds is 0. The number of halogens is 1. The predicted molar refractivity (Wildman–Crippen MR) is 32.3 cm³/mol. The number of nitrogens with zero attached hydrogens (tertiary/aromatic N) is 1. The summed E-state index contributed by atoms with van der Waals surface area (Å²) in [6.45, 7) is 0. The maximum absolute atomic E-state index is 5.72. The van der Waals surface area contributed by atoms with E-state index < -0.39 is 21.3 Å². The molecule has 0 atom stereocenters. The van der Waals surface area contributed by atoms with Crippen LogP contribution in [0.5, 0.6) is 0 Å². The summed E-state index contributed by atoms with van der Waals surface area (Å²) in [6.07, 6.45) is 5.66. The molecule has 0 fully saturated rings. The molecule has 0 aromatic rings. The van der Waals surface area contributed by atoms with Crippen LogP contribution in [0.4, 0.5) is 0 Å². The van der Waals surface area contributed by atoms with E-state index in [0.29, 0.717) is 0 Å². The Bertz CT molecular complexity index is 148. The fourth-order valence-electron chi connectivity index (χ4n) is 0.342. The third-order valence-electron chi connectivity index (χ3n) is 0.629.